The van der Waals surface area contributed by atoms with Gasteiger partial charge in [0.05, 0.1) is 6.04 Å². The topological polar surface area (TPSA) is 60.9 Å². The molecule has 2 fully saturated rings. The lowest BCUT2D eigenvalue weighted by Gasteiger charge is -2.41. The Hall–Kier alpha value is -2.70. The standard InChI is InChI=1S/C23H22ClFN2O3/c1-2-18-14-26(22(29)23(30)9-10-23)11-12-27(18)21(28)16-5-3-15(4-6-16)19-8-7-17(24)13-20(19)25/h2-8,13,18,30H,1,9-12,14H2/t18-/m1/s1. The third kappa shape index (κ3) is 3.85. The maximum atomic E-state index is 14.2. The molecule has 7 heteroatoms. The minimum Gasteiger partial charge on any atom is -0.380 e. The third-order valence-electron chi connectivity index (χ3n) is 5.73. The zero-order chi connectivity index (χ0) is 21.5. The number of hydrogen-bond donors (Lipinski definition) is 1. The number of benzene rings is 2. The van der Waals surface area contributed by atoms with Gasteiger partial charge in [0.2, 0.25) is 0 Å². The van der Waals surface area contributed by atoms with Crippen molar-refractivity contribution in [3.8, 4) is 11.1 Å². The fraction of sp³-hybridized carbons (Fsp3) is 0.304. The monoisotopic (exact) mass is 428 g/mol. The molecule has 1 aliphatic carbocycles. The van der Waals surface area contributed by atoms with Crippen molar-refractivity contribution in [2.45, 2.75) is 24.5 Å². The van der Waals surface area contributed by atoms with Gasteiger partial charge in [-0.15, -0.1) is 6.58 Å². The smallest absolute Gasteiger partial charge is 0.254 e. The lowest BCUT2D eigenvalue weighted by Crippen LogP contribution is -2.57. The Morgan fingerprint density at radius 2 is 1.87 bits per heavy atom. The van der Waals surface area contributed by atoms with E-state index in [0.29, 0.717) is 54.2 Å². The zero-order valence-electron chi connectivity index (χ0n) is 16.4. The van der Waals surface area contributed by atoms with E-state index in [-0.39, 0.29) is 17.9 Å². The first-order chi connectivity index (χ1) is 14.3. The Kier molecular flexibility index (Phi) is 5.38. The molecule has 0 aromatic heterocycles. The van der Waals surface area contributed by atoms with Crippen molar-refractivity contribution in [2.75, 3.05) is 19.6 Å². The van der Waals surface area contributed by atoms with Gasteiger partial charge in [0.1, 0.15) is 11.4 Å². The van der Waals surface area contributed by atoms with E-state index in [1.54, 1.807) is 52.3 Å². The summed E-state index contributed by atoms with van der Waals surface area (Å²) in [5.41, 5.74) is 0.312. The number of nitrogens with zero attached hydrogens (tertiary/aromatic N) is 2. The van der Waals surface area contributed by atoms with E-state index in [0.717, 1.165) is 0 Å². The van der Waals surface area contributed by atoms with Crippen molar-refractivity contribution in [2.24, 2.45) is 0 Å². The molecule has 0 spiro atoms. The summed E-state index contributed by atoms with van der Waals surface area (Å²) in [6, 6.07) is 10.9. The highest BCUT2D eigenvalue weighted by Gasteiger charge is 2.51. The number of piperazine rings is 1. The summed E-state index contributed by atoms with van der Waals surface area (Å²) in [5.74, 6) is -0.873. The van der Waals surface area contributed by atoms with Crippen molar-refractivity contribution in [1.29, 1.82) is 0 Å². The largest absolute Gasteiger partial charge is 0.380 e. The number of amides is 2. The van der Waals surface area contributed by atoms with Gasteiger partial charge in [-0.3, -0.25) is 9.59 Å². The van der Waals surface area contributed by atoms with Crippen molar-refractivity contribution >= 4 is 23.4 Å². The van der Waals surface area contributed by atoms with Crippen molar-refractivity contribution in [3.05, 3.63) is 71.5 Å². The van der Waals surface area contributed by atoms with Crippen LogP contribution < -0.4 is 0 Å². The molecule has 30 heavy (non-hydrogen) atoms. The van der Waals surface area contributed by atoms with Crippen molar-refractivity contribution in [3.63, 3.8) is 0 Å². The van der Waals surface area contributed by atoms with Crippen molar-refractivity contribution in [1.82, 2.24) is 9.80 Å². The Morgan fingerprint density at radius 1 is 1.17 bits per heavy atom. The molecular weight excluding hydrogens is 407 g/mol. The Morgan fingerprint density at radius 3 is 2.47 bits per heavy atom. The summed E-state index contributed by atoms with van der Waals surface area (Å²) in [6.07, 6.45) is 2.63. The highest BCUT2D eigenvalue weighted by molar-refractivity contribution is 6.30. The second-order valence-corrected chi connectivity index (χ2v) is 8.22. The Bertz CT molecular complexity index is 1000. The van der Waals surface area contributed by atoms with E-state index in [1.165, 1.54) is 6.07 Å². The molecule has 2 aliphatic rings. The lowest BCUT2D eigenvalue weighted by molar-refractivity contribution is -0.144. The summed E-state index contributed by atoms with van der Waals surface area (Å²) >= 11 is 5.81. The molecule has 1 heterocycles. The number of carbonyl (C=O) groups is 2. The molecule has 1 saturated carbocycles. The average Bonchev–Trinajstić information content (AvgIpc) is 3.51. The van der Waals surface area contributed by atoms with Crippen LogP contribution >= 0.6 is 11.6 Å². The Balaban J connectivity index is 1.48. The second kappa shape index (κ2) is 7.85. The number of rotatable bonds is 4. The van der Waals surface area contributed by atoms with Crippen molar-refractivity contribution < 1.29 is 19.1 Å². The first-order valence-corrected chi connectivity index (χ1v) is 10.2. The molecule has 4 rings (SSSR count). The molecule has 0 bridgehead atoms. The highest BCUT2D eigenvalue weighted by atomic mass is 35.5. The maximum absolute atomic E-state index is 14.2. The number of hydrogen-bond acceptors (Lipinski definition) is 3. The quantitative estimate of drug-likeness (QED) is 0.758. The normalized spacial score (nSPS) is 20.0. The number of halogens is 2. The van der Waals surface area contributed by atoms with E-state index < -0.39 is 11.4 Å². The van der Waals surface area contributed by atoms with Gasteiger partial charge < -0.3 is 14.9 Å². The van der Waals surface area contributed by atoms with Gasteiger partial charge in [-0.1, -0.05) is 29.8 Å². The summed E-state index contributed by atoms with van der Waals surface area (Å²) in [7, 11) is 0. The van der Waals surface area contributed by atoms with Gasteiger partial charge in [-0.2, -0.15) is 0 Å². The van der Waals surface area contributed by atoms with Crippen LogP contribution in [0.4, 0.5) is 4.39 Å². The molecule has 1 N–H and O–H groups in total. The molecule has 2 amide bonds. The highest BCUT2D eigenvalue weighted by Crippen LogP contribution is 2.37. The first kappa shape index (κ1) is 20.6. The van der Waals surface area contributed by atoms with E-state index in [9.17, 15) is 19.1 Å². The molecule has 1 atom stereocenters. The van der Waals surface area contributed by atoms with Gasteiger partial charge in [0.15, 0.2) is 0 Å². The zero-order valence-corrected chi connectivity index (χ0v) is 17.1. The predicted octanol–water partition coefficient (Wildman–Crippen LogP) is 3.51. The number of carbonyl (C=O) groups excluding carboxylic acids is 2. The average molecular weight is 429 g/mol. The summed E-state index contributed by atoms with van der Waals surface area (Å²) in [6.45, 7) is 4.83. The predicted molar refractivity (Wildman–Crippen MR) is 113 cm³/mol. The molecule has 0 unspecified atom stereocenters. The fourth-order valence-electron chi connectivity index (χ4n) is 3.76. The van der Waals surface area contributed by atoms with Crippen LogP contribution in [-0.4, -0.2) is 58.0 Å². The van der Waals surface area contributed by atoms with Gasteiger partial charge >= 0.3 is 0 Å². The van der Waals surface area contributed by atoms with Gasteiger partial charge in [0, 0.05) is 35.8 Å². The number of aliphatic hydroxyl groups is 1. The van der Waals surface area contributed by atoms with Crippen LogP contribution in [0.1, 0.15) is 23.2 Å². The molecule has 0 radical (unpaired) electrons. The molecule has 1 aliphatic heterocycles. The first-order valence-electron chi connectivity index (χ1n) is 9.83. The SMILES string of the molecule is C=C[C@@H]1CN(C(=O)C2(O)CC2)CCN1C(=O)c1ccc(-c2ccc(Cl)cc2F)cc1. The van der Waals surface area contributed by atoms with Gasteiger partial charge in [0.25, 0.3) is 11.8 Å². The minimum atomic E-state index is -1.22. The molecule has 2 aromatic rings. The lowest BCUT2D eigenvalue weighted by atomic mass is 10.0. The van der Waals surface area contributed by atoms with Gasteiger partial charge in [-0.25, -0.2) is 4.39 Å². The third-order valence-corrected chi connectivity index (χ3v) is 5.97. The van der Waals surface area contributed by atoms with Crippen LogP contribution in [0, 0.1) is 5.82 Å². The van der Waals surface area contributed by atoms with E-state index in [2.05, 4.69) is 6.58 Å². The fourth-order valence-corrected chi connectivity index (χ4v) is 3.92. The second-order valence-electron chi connectivity index (χ2n) is 7.79. The molecular formula is C23H22ClFN2O3. The summed E-state index contributed by atoms with van der Waals surface area (Å²) in [4.78, 5) is 28.7. The summed E-state index contributed by atoms with van der Waals surface area (Å²) in [5, 5.41) is 10.4. The van der Waals surface area contributed by atoms with Gasteiger partial charge in [-0.05, 0) is 48.7 Å². The maximum Gasteiger partial charge on any atom is 0.254 e. The van der Waals surface area contributed by atoms with Crippen LogP contribution in [0.3, 0.4) is 0 Å². The Labute approximate surface area is 179 Å². The van der Waals surface area contributed by atoms with Crippen LogP contribution in [0.2, 0.25) is 5.02 Å². The van der Waals surface area contributed by atoms with Crippen LogP contribution in [0.25, 0.3) is 11.1 Å². The van der Waals surface area contributed by atoms with E-state index in [4.69, 9.17) is 11.6 Å². The van der Waals surface area contributed by atoms with E-state index in [1.807, 2.05) is 0 Å². The molecule has 5 nitrogen and oxygen atoms in total. The van der Waals surface area contributed by atoms with E-state index >= 15 is 0 Å². The van der Waals surface area contributed by atoms with Crippen LogP contribution in [-0.2, 0) is 4.79 Å². The van der Waals surface area contributed by atoms with Crippen LogP contribution in [0.15, 0.2) is 55.1 Å². The summed E-state index contributed by atoms with van der Waals surface area (Å²) < 4.78 is 14.2. The molecule has 2 aromatic carbocycles. The van der Waals surface area contributed by atoms with Crippen LogP contribution in [0.5, 0.6) is 0 Å². The molecule has 156 valence electrons. The minimum absolute atomic E-state index is 0.180. The molecule has 1 saturated heterocycles.